The van der Waals surface area contributed by atoms with Crippen molar-refractivity contribution < 1.29 is 0 Å². The molecular weight excluding hydrogens is 308 g/mol. The van der Waals surface area contributed by atoms with Crippen LogP contribution in [0.25, 0.3) is 10.2 Å². The highest BCUT2D eigenvalue weighted by atomic mass is 32.2. The van der Waals surface area contributed by atoms with Crippen molar-refractivity contribution in [3.05, 3.63) is 21.4 Å². The van der Waals surface area contributed by atoms with Crippen LogP contribution in [0.5, 0.6) is 0 Å². The number of thiophene rings is 1. The average molecular weight is 320 g/mol. The first-order chi connectivity index (χ1) is 10.1. The fraction of sp³-hybridized carbons (Fsp3) is 0.333. The largest absolute Gasteiger partial charge is 0.368 e. The van der Waals surface area contributed by atoms with E-state index in [1.165, 1.54) is 11.8 Å². The van der Waals surface area contributed by atoms with Crippen LogP contribution < -0.4 is 11.4 Å². The van der Waals surface area contributed by atoms with Crippen LogP contribution in [0.4, 0.5) is 5.95 Å². The topological polar surface area (TPSA) is 102 Å². The third-order valence-corrected chi connectivity index (χ3v) is 5.19. The van der Waals surface area contributed by atoms with Gasteiger partial charge in [0.1, 0.15) is 9.86 Å². The lowest BCUT2D eigenvalue weighted by molar-refractivity contribution is 0.642. The highest BCUT2D eigenvalue weighted by Gasteiger charge is 2.29. The molecule has 1 aliphatic rings. The van der Waals surface area contributed by atoms with E-state index in [0.717, 1.165) is 33.0 Å². The van der Waals surface area contributed by atoms with Gasteiger partial charge in [0.25, 0.3) is 0 Å². The number of nitrogens with zero attached hydrogens (tertiary/aromatic N) is 4. The van der Waals surface area contributed by atoms with Crippen molar-refractivity contribution in [1.82, 2.24) is 24.7 Å². The molecule has 3 aromatic heterocycles. The molecule has 0 radical (unpaired) electrons. The van der Waals surface area contributed by atoms with E-state index in [-0.39, 0.29) is 17.7 Å². The summed E-state index contributed by atoms with van der Waals surface area (Å²) in [5, 5.41) is 8.94. The van der Waals surface area contributed by atoms with E-state index in [9.17, 15) is 4.79 Å². The molecule has 0 unspecified atom stereocenters. The number of anilines is 1. The van der Waals surface area contributed by atoms with E-state index in [1.54, 1.807) is 15.9 Å². The zero-order chi connectivity index (χ0) is 14.6. The summed E-state index contributed by atoms with van der Waals surface area (Å²) < 4.78 is 1.70. The van der Waals surface area contributed by atoms with Gasteiger partial charge in [-0.3, -0.25) is 4.57 Å². The van der Waals surface area contributed by atoms with Crippen LogP contribution in [-0.2, 0) is 0 Å². The minimum atomic E-state index is -0.167. The number of nitrogen functional groups attached to an aromatic ring is 1. The second-order valence-electron chi connectivity index (χ2n) is 4.98. The lowest BCUT2D eigenvalue weighted by atomic mass is 10.4. The van der Waals surface area contributed by atoms with Gasteiger partial charge in [0.05, 0.1) is 0 Å². The predicted octanol–water partition coefficient (Wildman–Crippen LogP) is 1.95. The lowest BCUT2D eigenvalue weighted by Crippen LogP contribution is -2.16. The lowest BCUT2D eigenvalue weighted by Gasteiger charge is -2.04. The number of aryl methyl sites for hydroxylation is 1. The summed E-state index contributed by atoms with van der Waals surface area (Å²) >= 11 is 2.93. The first kappa shape index (κ1) is 12.8. The molecule has 0 saturated heterocycles. The van der Waals surface area contributed by atoms with Gasteiger partial charge in [0, 0.05) is 16.3 Å². The second-order valence-corrected chi connectivity index (χ2v) is 7.17. The van der Waals surface area contributed by atoms with E-state index in [1.807, 2.05) is 13.0 Å². The number of H-pyrrole nitrogens is 1. The van der Waals surface area contributed by atoms with Crippen molar-refractivity contribution in [3.8, 4) is 0 Å². The molecule has 3 heterocycles. The Morgan fingerprint density at radius 2 is 2.29 bits per heavy atom. The van der Waals surface area contributed by atoms with Crippen LogP contribution in [0.15, 0.2) is 21.0 Å². The van der Waals surface area contributed by atoms with E-state index >= 15 is 0 Å². The Bertz CT molecular complexity index is 891. The maximum Gasteiger partial charge on any atom is 0.344 e. The number of fused-ring (bicyclic) bond motifs is 1. The smallest absolute Gasteiger partial charge is 0.344 e. The fourth-order valence-electron chi connectivity index (χ4n) is 2.21. The van der Waals surface area contributed by atoms with Gasteiger partial charge in [-0.15, -0.1) is 16.4 Å². The molecule has 1 saturated carbocycles. The van der Waals surface area contributed by atoms with E-state index < -0.39 is 0 Å². The summed E-state index contributed by atoms with van der Waals surface area (Å²) in [6, 6.07) is 2.30. The highest BCUT2D eigenvalue weighted by molar-refractivity contribution is 7.99. The third kappa shape index (κ3) is 2.22. The number of nitrogens with two attached hydrogens (primary N) is 1. The van der Waals surface area contributed by atoms with Crippen molar-refractivity contribution in [2.75, 3.05) is 5.73 Å². The Morgan fingerprint density at radius 1 is 1.48 bits per heavy atom. The first-order valence-electron chi connectivity index (χ1n) is 6.50. The summed E-state index contributed by atoms with van der Waals surface area (Å²) in [6.45, 7) is 2.02. The Hall–Kier alpha value is -1.87. The third-order valence-electron chi connectivity index (χ3n) is 3.27. The van der Waals surface area contributed by atoms with E-state index in [0.29, 0.717) is 5.16 Å². The number of hydrogen-bond donors (Lipinski definition) is 2. The Morgan fingerprint density at radius 3 is 3.05 bits per heavy atom. The van der Waals surface area contributed by atoms with Crippen molar-refractivity contribution in [1.29, 1.82) is 0 Å². The summed E-state index contributed by atoms with van der Waals surface area (Å²) in [6.07, 6.45) is 2.04. The molecule has 0 spiro atoms. The van der Waals surface area contributed by atoms with Crippen molar-refractivity contribution >= 4 is 39.3 Å². The van der Waals surface area contributed by atoms with Crippen LogP contribution >= 0.6 is 23.1 Å². The quantitative estimate of drug-likeness (QED) is 0.715. The summed E-state index contributed by atoms with van der Waals surface area (Å²) in [5.74, 6) is 0.239. The standard InChI is InChI=1S/C12H12N6OS2/c1-5-4-7-8(20-5)14-10(13)15-9(7)21-12-17-16-11(19)18(12)6-2-3-6/h4,6H,2-3H2,1H3,(H,16,19)(H2,13,14,15). The summed E-state index contributed by atoms with van der Waals surface area (Å²) in [5.41, 5.74) is 5.61. The fourth-order valence-corrected chi connectivity index (χ4v) is 4.16. The molecule has 0 aliphatic heterocycles. The van der Waals surface area contributed by atoms with E-state index in [4.69, 9.17) is 5.73 Å². The zero-order valence-corrected chi connectivity index (χ0v) is 12.8. The molecular formula is C12H12N6OS2. The van der Waals surface area contributed by atoms with Gasteiger partial charge in [-0.2, -0.15) is 0 Å². The van der Waals surface area contributed by atoms with Gasteiger partial charge in [0.2, 0.25) is 5.95 Å². The molecule has 108 valence electrons. The van der Waals surface area contributed by atoms with Crippen LogP contribution in [0.1, 0.15) is 23.8 Å². The molecule has 3 N–H and O–H groups in total. The predicted molar refractivity (Wildman–Crippen MR) is 81.8 cm³/mol. The van der Waals surface area contributed by atoms with Crippen LogP contribution in [0.2, 0.25) is 0 Å². The normalized spacial score (nSPS) is 14.9. The minimum Gasteiger partial charge on any atom is -0.368 e. The molecule has 7 nitrogen and oxygen atoms in total. The Labute approximate surface area is 127 Å². The molecule has 1 fully saturated rings. The minimum absolute atomic E-state index is 0.167. The van der Waals surface area contributed by atoms with Crippen LogP contribution in [0.3, 0.4) is 0 Å². The maximum atomic E-state index is 11.8. The van der Waals surface area contributed by atoms with Gasteiger partial charge in [-0.25, -0.2) is 19.9 Å². The number of hydrogen-bond acceptors (Lipinski definition) is 7. The highest BCUT2D eigenvalue weighted by Crippen LogP contribution is 2.39. The molecule has 0 amide bonds. The monoisotopic (exact) mass is 320 g/mol. The van der Waals surface area contributed by atoms with Gasteiger partial charge in [-0.05, 0) is 37.6 Å². The van der Waals surface area contributed by atoms with Gasteiger partial charge in [-0.1, -0.05) is 0 Å². The Balaban J connectivity index is 1.82. The molecule has 0 aromatic carbocycles. The van der Waals surface area contributed by atoms with Crippen molar-refractivity contribution in [2.45, 2.75) is 36.0 Å². The number of rotatable bonds is 3. The number of nitrogens with one attached hydrogen (secondary N) is 1. The molecule has 4 rings (SSSR count). The molecule has 0 bridgehead atoms. The average Bonchev–Trinajstić information content (AvgIpc) is 3.09. The van der Waals surface area contributed by atoms with Crippen molar-refractivity contribution in [2.24, 2.45) is 0 Å². The van der Waals surface area contributed by atoms with Crippen LogP contribution in [0, 0.1) is 6.92 Å². The Kier molecular flexibility index (Phi) is 2.79. The summed E-state index contributed by atoms with van der Waals surface area (Å²) in [4.78, 5) is 22.4. The molecule has 9 heteroatoms. The SMILES string of the molecule is Cc1cc2c(Sc3n[nH]c(=O)n3C3CC3)nc(N)nc2s1. The van der Waals surface area contributed by atoms with Gasteiger partial charge < -0.3 is 5.73 Å². The van der Waals surface area contributed by atoms with Gasteiger partial charge >= 0.3 is 5.69 Å². The molecule has 3 aromatic rings. The number of aromatic amines is 1. The summed E-state index contributed by atoms with van der Waals surface area (Å²) in [7, 11) is 0. The molecule has 0 atom stereocenters. The first-order valence-corrected chi connectivity index (χ1v) is 8.13. The number of aromatic nitrogens is 5. The van der Waals surface area contributed by atoms with Gasteiger partial charge in [0.15, 0.2) is 5.16 Å². The molecule has 21 heavy (non-hydrogen) atoms. The zero-order valence-electron chi connectivity index (χ0n) is 11.2. The van der Waals surface area contributed by atoms with Crippen LogP contribution in [-0.4, -0.2) is 24.7 Å². The van der Waals surface area contributed by atoms with E-state index in [2.05, 4.69) is 20.2 Å². The second kappa shape index (κ2) is 4.57. The molecule has 1 aliphatic carbocycles. The van der Waals surface area contributed by atoms with Crippen molar-refractivity contribution in [3.63, 3.8) is 0 Å². The maximum absolute atomic E-state index is 11.8.